The topological polar surface area (TPSA) is 90.2 Å². The van der Waals surface area contributed by atoms with Gasteiger partial charge in [0.1, 0.15) is 5.75 Å². The van der Waals surface area contributed by atoms with Crippen LogP contribution in [0.15, 0.2) is 30.8 Å². The Labute approximate surface area is 120 Å². The zero-order valence-corrected chi connectivity index (χ0v) is 12.4. The molecule has 0 fully saturated rings. The van der Waals surface area contributed by atoms with Crippen LogP contribution in [0, 0.1) is 0 Å². The van der Waals surface area contributed by atoms with Crippen molar-refractivity contribution in [3.05, 3.63) is 36.4 Å². The quantitative estimate of drug-likeness (QED) is 0.623. The first-order valence-electron chi connectivity index (χ1n) is 6.17. The highest BCUT2D eigenvalue weighted by molar-refractivity contribution is 6.33. The van der Waals surface area contributed by atoms with Gasteiger partial charge in [0.15, 0.2) is 0 Å². The van der Waals surface area contributed by atoms with Crippen LogP contribution in [0.5, 0.6) is 5.75 Å². The van der Waals surface area contributed by atoms with E-state index >= 15 is 0 Å². The third-order valence-electron chi connectivity index (χ3n) is 2.85. The fourth-order valence-electron chi connectivity index (χ4n) is 0.804. The van der Waals surface area contributed by atoms with E-state index in [-0.39, 0.29) is 0 Å². The van der Waals surface area contributed by atoms with Crippen molar-refractivity contribution < 1.29 is 24.9 Å². The lowest BCUT2D eigenvalue weighted by Crippen LogP contribution is -2.44. The van der Waals surface area contributed by atoms with E-state index in [1.165, 1.54) is 0 Å². The van der Waals surface area contributed by atoms with Gasteiger partial charge in [0.25, 0.3) is 0 Å². The second-order valence-electron chi connectivity index (χ2n) is 5.34. The molecule has 0 aromatic heterocycles. The van der Waals surface area contributed by atoms with E-state index in [1.54, 1.807) is 58.0 Å². The highest BCUT2D eigenvalue weighted by Gasteiger charge is 2.31. The van der Waals surface area contributed by atoms with Gasteiger partial charge in [-0.05, 0) is 45.4 Å². The SMILES string of the molecule is C=Cc1ccc(OB(O)O)cc1.CC(C)(O)C(C)(C)O. The third-order valence-corrected chi connectivity index (χ3v) is 2.85. The molecule has 112 valence electrons. The molecular weight excluding hydrogens is 259 g/mol. The molecule has 6 heteroatoms. The third kappa shape index (κ3) is 7.30. The molecule has 0 saturated carbocycles. The number of hydrogen-bond acceptors (Lipinski definition) is 5. The normalized spacial score (nSPS) is 11.2. The maximum atomic E-state index is 9.10. The van der Waals surface area contributed by atoms with Crippen LogP contribution >= 0.6 is 0 Å². The summed E-state index contributed by atoms with van der Waals surface area (Å²) in [5.74, 6) is 0.413. The minimum absolute atomic E-state index is 0.413. The first-order chi connectivity index (χ1) is 8.97. The average Bonchev–Trinajstić information content (AvgIpc) is 2.27. The zero-order valence-electron chi connectivity index (χ0n) is 12.4. The minimum Gasteiger partial charge on any atom is -0.512 e. The molecule has 0 heterocycles. The fraction of sp³-hybridized carbons (Fsp3) is 0.429. The summed E-state index contributed by atoms with van der Waals surface area (Å²) in [5, 5.41) is 35.1. The summed E-state index contributed by atoms with van der Waals surface area (Å²) in [4.78, 5) is 0. The predicted molar refractivity (Wildman–Crippen MR) is 79.9 cm³/mol. The van der Waals surface area contributed by atoms with E-state index in [4.69, 9.17) is 20.3 Å². The van der Waals surface area contributed by atoms with E-state index < -0.39 is 18.5 Å². The van der Waals surface area contributed by atoms with E-state index in [9.17, 15) is 0 Å². The Bertz CT molecular complexity index is 389. The molecular formula is C14H23BO5. The molecule has 0 aliphatic rings. The van der Waals surface area contributed by atoms with E-state index in [1.807, 2.05) is 0 Å². The van der Waals surface area contributed by atoms with Crippen molar-refractivity contribution in [3.8, 4) is 5.75 Å². The lowest BCUT2D eigenvalue weighted by Gasteiger charge is -2.31. The highest BCUT2D eigenvalue weighted by atomic mass is 16.6. The molecule has 0 spiro atoms. The first-order valence-corrected chi connectivity index (χ1v) is 6.17. The second kappa shape index (κ2) is 7.45. The molecule has 0 radical (unpaired) electrons. The number of rotatable bonds is 4. The van der Waals surface area contributed by atoms with Crippen LogP contribution in [0.25, 0.3) is 6.08 Å². The van der Waals surface area contributed by atoms with Crippen LogP contribution in [-0.4, -0.2) is 38.8 Å². The predicted octanol–water partition coefficient (Wildman–Crippen LogP) is 1.21. The Morgan fingerprint density at radius 2 is 1.40 bits per heavy atom. The molecule has 0 aliphatic heterocycles. The Hall–Kier alpha value is -1.34. The van der Waals surface area contributed by atoms with Gasteiger partial charge in [-0.25, -0.2) is 0 Å². The summed E-state index contributed by atoms with van der Waals surface area (Å²) in [7, 11) is -1.76. The molecule has 1 aromatic carbocycles. The lowest BCUT2D eigenvalue weighted by molar-refractivity contribution is -0.107. The van der Waals surface area contributed by atoms with Gasteiger partial charge in [0.2, 0.25) is 0 Å². The molecule has 0 aliphatic carbocycles. The van der Waals surface area contributed by atoms with E-state index in [2.05, 4.69) is 11.2 Å². The van der Waals surface area contributed by atoms with Gasteiger partial charge in [0.05, 0.1) is 11.2 Å². The molecule has 4 N–H and O–H groups in total. The molecule has 5 nitrogen and oxygen atoms in total. The fourth-order valence-corrected chi connectivity index (χ4v) is 0.804. The average molecular weight is 282 g/mol. The molecule has 0 atom stereocenters. The molecule has 0 amide bonds. The van der Waals surface area contributed by atoms with Crippen molar-refractivity contribution in [1.82, 2.24) is 0 Å². The van der Waals surface area contributed by atoms with Crippen LogP contribution in [0.1, 0.15) is 33.3 Å². The molecule has 1 rings (SSSR count). The van der Waals surface area contributed by atoms with Crippen LogP contribution < -0.4 is 4.65 Å². The highest BCUT2D eigenvalue weighted by Crippen LogP contribution is 2.19. The Kier molecular flexibility index (Phi) is 6.95. The van der Waals surface area contributed by atoms with E-state index in [0.717, 1.165) is 5.56 Å². The summed E-state index contributed by atoms with van der Waals surface area (Å²) in [6.45, 7) is 9.89. The minimum atomic E-state index is -1.76. The monoisotopic (exact) mass is 282 g/mol. The van der Waals surface area contributed by atoms with Gasteiger partial charge in [-0.1, -0.05) is 24.8 Å². The van der Waals surface area contributed by atoms with Crippen molar-refractivity contribution >= 4 is 13.4 Å². The van der Waals surface area contributed by atoms with Crippen molar-refractivity contribution in [2.75, 3.05) is 0 Å². The number of hydrogen-bond donors (Lipinski definition) is 4. The summed E-state index contributed by atoms with van der Waals surface area (Å²) in [6.07, 6.45) is 1.69. The van der Waals surface area contributed by atoms with Gasteiger partial charge >= 0.3 is 7.32 Å². The van der Waals surface area contributed by atoms with Crippen LogP contribution in [0.4, 0.5) is 0 Å². The number of aliphatic hydroxyl groups is 2. The zero-order chi connectivity index (χ0) is 16.0. The molecule has 20 heavy (non-hydrogen) atoms. The van der Waals surface area contributed by atoms with E-state index in [0.29, 0.717) is 5.75 Å². The lowest BCUT2D eigenvalue weighted by atomic mass is 9.90. The van der Waals surface area contributed by atoms with Gasteiger partial charge in [-0.3, -0.25) is 0 Å². The Morgan fingerprint density at radius 1 is 1.00 bits per heavy atom. The molecule has 1 aromatic rings. The standard InChI is InChI=1S/C8H9BO3.C6H14O2/c1-2-7-3-5-8(6-4-7)12-9(10)11;1-5(2,7)6(3,4)8/h2-6,10-11H,1H2;7-8H,1-4H3. The molecule has 0 unspecified atom stereocenters. The first kappa shape index (κ1) is 18.7. The number of benzene rings is 1. The maximum absolute atomic E-state index is 9.10. The summed E-state index contributed by atoms with van der Waals surface area (Å²) in [5.41, 5.74) is -1.06. The Morgan fingerprint density at radius 3 is 1.65 bits per heavy atom. The van der Waals surface area contributed by atoms with Crippen molar-refractivity contribution in [2.24, 2.45) is 0 Å². The van der Waals surface area contributed by atoms with Crippen molar-refractivity contribution in [2.45, 2.75) is 38.9 Å². The second-order valence-corrected chi connectivity index (χ2v) is 5.34. The van der Waals surface area contributed by atoms with Crippen molar-refractivity contribution in [1.29, 1.82) is 0 Å². The van der Waals surface area contributed by atoms with Gasteiger partial charge in [-0.15, -0.1) is 0 Å². The smallest absolute Gasteiger partial charge is 0.512 e. The van der Waals surface area contributed by atoms with Crippen LogP contribution in [-0.2, 0) is 0 Å². The van der Waals surface area contributed by atoms with Crippen LogP contribution in [0.3, 0.4) is 0 Å². The largest absolute Gasteiger partial charge is 0.707 e. The maximum Gasteiger partial charge on any atom is 0.707 e. The molecule has 0 saturated heterocycles. The molecule has 0 bridgehead atoms. The Balaban J connectivity index is 0.000000396. The van der Waals surface area contributed by atoms with Gasteiger partial charge < -0.3 is 24.9 Å². The van der Waals surface area contributed by atoms with Crippen LogP contribution in [0.2, 0.25) is 0 Å². The van der Waals surface area contributed by atoms with Gasteiger partial charge in [-0.2, -0.15) is 0 Å². The van der Waals surface area contributed by atoms with Crippen molar-refractivity contribution in [3.63, 3.8) is 0 Å². The van der Waals surface area contributed by atoms with Gasteiger partial charge in [0, 0.05) is 0 Å². The summed E-state index contributed by atoms with van der Waals surface area (Å²) < 4.78 is 4.59. The summed E-state index contributed by atoms with van der Waals surface area (Å²) in [6, 6.07) is 6.81. The summed E-state index contributed by atoms with van der Waals surface area (Å²) >= 11 is 0.